The second kappa shape index (κ2) is 31.5. The summed E-state index contributed by atoms with van der Waals surface area (Å²) in [6.45, 7) is 25.5. The van der Waals surface area contributed by atoms with Crippen molar-refractivity contribution in [3.8, 4) is 0 Å². The van der Waals surface area contributed by atoms with Gasteiger partial charge in [-0.3, -0.25) is 14.4 Å². The summed E-state index contributed by atoms with van der Waals surface area (Å²) in [5, 5.41) is 62.5. The van der Waals surface area contributed by atoms with E-state index in [2.05, 4.69) is 54.0 Å². The molecule has 0 aromatic rings. The molecule has 0 aromatic heterocycles. The minimum Gasteiger partial charge on any atom is -0.394 e. The molecule has 17 saturated heterocycles. The molecule has 23 nitrogen and oxygen atoms in total. The first-order valence-electron chi connectivity index (χ1n) is 39.9. The van der Waals surface area contributed by atoms with Gasteiger partial charge in [0.2, 0.25) is 0 Å². The van der Waals surface area contributed by atoms with Gasteiger partial charge >= 0.3 is 0 Å². The maximum Gasteiger partial charge on any atom is 0.172 e. The number of aliphatic hydroxyl groups excluding tert-OH is 6. The quantitative estimate of drug-likeness (QED) is 0.146. The summed E-state index contributed by atoms with van der Waals surface area (Å²) in [6, 6.07) is 0. The number of ether oxygens (including phenoxy) is 14. The SMILES string of the molecule is C=C1C2C[C@@H]3O[C@H](C[C@H](O)CO)[C@H](C)[C@H]3CC(=O)CC3CCC4O[C@H]5[C@H]6OC7(CC[C@H]8CC(=C)[C@H](CCC(C[C@H]1C)O2)O8)C[C@@H]6O[C@H]5[C@@H](O7)C4O3.C=C1C2C[C@@H]3O[C@H](C[C@H](O)CO)[C@H](C)[C@H]3CC(=O)CC3CC[C@@H]4O[C@@H]5[C@@H](OC(CC(=O)CC[C@H]6CC(=C)[C@H](CCC(C[C@H]1C)O2)O6)[C@@H]5O)[C@@H](O)[C@H]4O3. The van der Waals surface area contributed by atoms with Gasteiger partial charge in [0.1, 0.15) is 78.4 Å². The van der Waals surface area contributed by atoms with E-state index in [4.69, 9.17) is 66.3 Å². The first-order chi connectivity index (χ1) is 49.4. The van der Waals surface area contributed by atoms with Crippen LogP contribution in [0.1, 0.15) is 195 Å². The van der Waals surface area contributed by atoms with E-state index >= 15 is 0 Å². The smallest absolute Gasteiger partial charge is 0.172 e. The minimum atomic E-state index is -1.08. The molecular formula is C80H118O23. The molecule has 0 amide bonds. The van der Waals surface area contributed by atoms with Crippen LogP contribution in [0.4, 0.5) is 0 Å². The Balaban J connectivity index is 0.000000166. The number of ketones is 3. The zero-order valence-electron chi connectivity index (χ0n) is 61.0. The maximum absolute atomic E-state index is 14.0. The van der Waals surface area contributed by atoms with Crippen LogP contribution in [0.15, 0.2) is 48.6 Å². The Hall–Kier alpha value is -2.83. The number of aliphatic hydroxyl groups is 6. The average molecular weight is 1450 g/mol. The zero-order valence-corrected chi connectivity index (χ0v) is 61.0. The first-order valence-corrected chi connectivity index (χ1v) is 39.9. The van der Waals surface area contributed by atoms with Crippen LogP contribution in [0.2, 0.25) is 0 Å². The first kappa shape index (κ1) is 75.6. The van der Waals surface area contributed by atoms with Crippen LogP contribution in [-0.4, -0.2) is 250 Å². The molecule has 17 aliphatic rings. The molecule has 576 valence electrons. The van der Waals surface area contributed by atoms with E-state index in [0.717, 1.165) is 86.5 Å². The summed E-state index contributed by atoms with van der Waals surface area (Å²) >= 11 is 0. The number of hydrogen-bond donors (Lipinski definition) is 6. The fraction of sp³-hybridized carbons (Fsp3) is 0.863. The van der Waals surface area contributed by atoms with E-state index in [9.17, 15) is 45.0 Å². The van der Waals surface area contributed by atoms with Gasteiger partial charge in [-0.15, -0.1) is 0 Å². The minimum absolute atomic E-state index is 0.00785. The van der Waals surface area contributed by atoms with Crippen molar-refractivity contribution in [2.45, 2.75) is 384 Å². The molecule has 37 atom stereocenters. The highest BCUT2D eigenvalue weighted by Gasteiger charge is 2.69. The number of fused-ring (bicyclic) bond motifs is 13. The van der Waals surface area contributed by atoms with Crippen molar-refractivity contribution in [3.63, 3.8) is 0 Å². The molecule has 17 rings (SSSR count). The van der Waals surface area contributed by atoms with Crippen molar-refractivity contribution in [1.82, 2.24) is 0 Å². The second-order valence-electron chi connectivity index (χ2n) is 34.5. The molecule has 0 radical (unpaired) electrons. The molecule has 103 heavy (non-hydrogen) atoms. The Morgan fingerprint density at radius 2 is 0.854 bits per heavy atom. The number of Topliss-reactive ketones (excluding diaryl/α,β-unsaturated/α-hetero) is 3. The lowest BCUT2D eigenvalue weighted by atomic mass is 9.79. The third kappa shape index (κ3) is 15.8. The van der Waals surface area contributed by atoms with E-state index in [-0.39, 0.29) is 214 Å². The van der Waals surface area contributed by atoms with E-state index in [1.165, 1.54) is 0 Å². The molecule has 6 N–H and O–H groups in total. The summed E-state index contributed by atoms with van der Waals surface area (Å²) in [5.41, 5.74) is 4.26. The van der Waals surface area contributed by atoms with E-state index < -0.39 is 66.8 Å². The molecule has 0 aliphatic carbocycles. The van der Waals surface area contributed by atoms with Crippen molar-refractivity contribution in [2.24, 2.45) is 35.5 Å². The average Bonchev–Trinajstić information content (AvgIpc) is 1.55. The van der Waals surface area contributed by atoms with Gasteiger partial charge in [0.05, 0.1) is 135 Å². The molecule has 23 heteroatoms. The topological polar surface area (TPSA) is 302 Å². The van der Waals surface area contributed by atoms with Crippen LogP contribution in [0.3, 0.4) is 0 Å². The van der Waals surface area contributed by atoms with Gasteiger partial charge in [-0.1, -0.05) is 54.0 Å². The highest BCUT2D eigenvalue weighted by molar-refractivity contribution is 5.80. The zero-order chi connectivity index (χ0) is 72.0. The predicted octanol–water partition coefficient (Wildman–Crippen LogP) is 6.98. The Morgan fingerprint density at radius 1 is 0.398 bits per heavy atom. The Bertz CT molecular complexity index is 3070. The third-order valence-electron chi connectivity index (χ3n) is 27.4. The van der Waals surface area contributed by atoms with Crippen molar-refractivity contribution in [2.75, 3.05) is 13.2 Å². The lowest BCUT2D eigenvalue weighted by molar-refractivity contribution is -0.292. The molecule has 0 saturated carbocycles. The predicted molar refractivity (Wildman–Crippen MR) is 370 cm³/mol. The van der Waals surface area contributed by atoms with E-state index in [1.54, 1.807) is 0 Å². The number of hydrogen-bond acceptors (Lipinski definition) is 23. The Kier molecular flexibility index (Phi) is 23.1. The summed E-state index contributed by atoms with van der Waals surface area (Å²) < 4.78 is 92.3. The highest BCUT2D eigenvalue weighted by Crippen LogP contribution is 2.55. The molecule has 20 bridgehead atoms. The van der Waals surface area contributed by atoms with Crippen molar-refractivity contribution in [1.29, 1.82) is 0 Å². The van der Waals surface area contributed by atoms with Crippen LogP contribution in [0.25, 0.3) is 0 Å². The van der Waals surface area contributed by atoms with Gasteiger partial charge in [0.25, 0.3) is 0 Å². The molecule has 17 aliphatic heterocycles. The summed E-state index contributed by atoms with van der Waals surface area (Å²) in [4.78, 5) is 40.9. The van der Waals surface area contributed by atoms with Crippen molar-refractivity contribution < 1.29 is 111 Å². The molecule has 10 unspecified atom stereocenters. The van der Waals surface area contributed by atoms with Gasteiger partial charge in [-0.05, 0) is 148 Å². The van der Waals surface area contributed by atoms with E-state index in [1.807, 2.05) is 0 Å². The van der Waals surface area contributed by atoms with Crippen LogP contribution in [0, 0.1) is 35.5 Å². The van der Waals surface area contributed by atoms with Gasteiger partial charge < -0.3 is 97.0 Å². The fourth-order valence-electron chi connectivity index (χ4n) is 21.4. The maximum atomic E-state index is 14.0. The van der Waals surface area contributed by atoms with Crippen LogP contribution < -0.4 is 0 Å². The van der Waals surface area contributed by atoms with Crippen LogP contribution in [-0.2, 0) is 80.7 Å². The fourth-order valence-corrected chi connectivity index (χ4v) is 21.4. The summed E-state index contributed by atoms with van der Waals surface area (Å²) in [7, 11) is 0. The molecule has 0 aromatic carbocycles. The van der Waals surface area contributed by atoms with E-state index in [0.29, 0.717) is 76.5 Å². The number of carbonyl (C=O) groups excluding carboxylic acids is 3. The molecular weight excluding hydrogens is 1330 g/mol. The van der Waals surface area contributed by atoms with Crippen molar-refractivity contribution in [3.05, 3.63) is 48.6 Å². The highest BCUT2D eigenvalue weighted by atomic mass is 16.8. The van der Waals surface area contributed by atoms with Crippen LogP contribution >= 0.6 is 0 Å². The second-order valence-corrected chi connectivity index (χ2v) is 34.5. The van der Waals surface area contributed by atoms with Gasteiger partial charge in [0, 0.05) is 77.0 Å². The standard InChI is InChI=1S/C40H60O12.C40H58O11/c1-19-11-27-7-9-30-20(2)12-26(47-30)6-5-23(42)15-35-36(45)39-40(52-35)37(46)38-31(51-39)10-8-28(49-38)13-24(43)14-29-22(4)32(16-25(44)18-41)50-34(29)17-33(48-27)21(19)3;1-19-11-25-5-7-29-20(2)12-27(44-29)9-10-40-17-34-36(50-40)37-38(49-34)39(51-40)35-30(48-37)8-6-26(46-35)13-23(42)14-28-22(4)31(15-24(43)18-41)47-33(28)16-32(45-25)21(19)3/h19,22,25-41,44-46H,2-3,5-18H2,1,4H3;19,22,24-39,41,43H,2-3,5-18H2,1,4H3/t19-,22-,25+,26+,27?,28?,29-,30+,31+,32-,33?,34+,35?,36+,37+,38+,39+,40+;19-,22-,24+,25?,26?,27+,28-,29+,30?,31-,32?,33+,34+,35?,36+,37+,38-,39+,40?/m11/s1. The lowest BCUT2D eigenvalue weighted by Gasteiger charge is -2.47. The van der Waals surface area contributed by atoms with Gasteiger partial charge in [-0.25, -0.2) is 0 Å². The lowest BCUT2D eigenvalue weighted by Crippen LogP contribution is -2.61. The third-order valence-corrected chi connectivity index (χ3v) is 27.4. The van der Waals surface area contributed by atoms with Crippen molar-refractivity contribution >= 4 is 17.3 Å². The molecule has 1 spiro atoms. The van der Waals surface area contributed by atoms with Gasteiger partial charge in [0.15, 0.2) is 5.79 Å². The summed E-state index contributed by atoms with van der Waals surface area (Å²) in [6.07, 6.45) is 3.80. The monoisotopic (exact) mass is 1450 g/mol. The molecule has 17 fully saturated rings. The van der Waals surface area contributed by atoms with Gasteiger partial charge in [-0.2, -0.15) is 0 Å². The largest absolute Gasteiger partial charge is 0.394 e. The normalized spacial score (nSPS) is 50.8. The molecule has 17 heterocycles. The number of rotatable bonds is 6. The Morgan fingerprint density at radius 3 is 1.42 bits per heavy atom. The Labute approximate surface area is 607 Å². The van der Waals surface area contributed by atoms with Crippen LogP contribution in [0.5, 0.6) is 0 Å². The summed E-state index contributed by atoms with van der Waals surface area (Å²) in [5.74, 6) is -0.318. The number of carbonyl (C=O) groups is 3.